The molecule has 1 amide bonds. The van der Waals surface area contributed by atoms with Crippen molar-refractivity contribution in [2.24, 2.45) is 0 Å². The summed E-state index contributed by atoms with van der Waals surface area (Å²) in [6.07, 6.45) is 0.772. The summed E-state index contributed by atoms with van der Waals surface area (Å²) in [5.41, 5.74) is 2.07. The highest BCUT2D eigenvalue weighted by Gasteiger charge is 2.12. The maximum atomic E-state index is 12.9. The minimum Gasteiger partial charge on any atom is -0.486 e. The zero-order chi connectivity index (χ0) is 20.9. The minimum atomic E-state index is -0.323. The zero-order valence-corrected chi connectivity index (χ0v) is 16.6. The average molecular weight is 407 g/mol. The standard InChI is InChI=1S/C23H22FN3O3/c1-16-26-20-5-2-3-6-21(20)27(16)14-4-13-25-23(28)22-12-11-19(30-22)15-29-18-9-7-17(24)8-10-18/h2-3,5-12H,4,13-15H2,1H3,(H,25,28). The molecule has 0 spiro atoms. The number of benzene rings is 2. The van der Waals surface area contributed by atoms with E-state index in [0.717, 1.165) is 29.8 Å². The lowest BCUT2D eigenvalue weighted by molar-refractivity contribution is 0.0921. The zero-order valence-electron chi connectivity index (χ0n) is 16.6. The Balaban J connectivity index is 1.25. The number of rotatable bonds is 8. The number of fused-ring (bicyclic) bond motifs is 1. The summed E-state index contributed by atoms with van der Waals surface area (Å²) in [5.74, 6) is 1.65. The lowest BCUT2D eigenvalue weighted by Crippen LogP contribution is -2.25. The number of furan rings is 1. The van der Waals surface area contributed by atoms with Crippen LogP contribution in [0.1, 0.15) is 28.6 Å². The first kappa shape index (κ1) is 19.7. The van der Waals surface area contributed by atoms with Gasteiger partial charge in [0.25, 0.3) is 5.91 Å². The van der Waals surface area contributed by atoms with E-state index in [1.54, 1.807) is 12.1 Å². The van der Waals surface area contributed by atoms with E-state index < -0.39 is 0 Å². The summed E-state index contributed by atoms with van der Waals surface area (Å²) < 4.78 is 26.1. The first-order valence-electron chi connectivity index (χ1n) is 9.77. The number of hydrogen-bond donors (Lipinski definition) is 1. The third-order valence-electron chi connectivity index (χ3n) is 4.77. The quantitative estimate of drug-likeness (QED) is 0.438. The number of para-hydroxylation sites is 2. The van der Waals surface area contributed by atoms with E-state index in [0.29, 0.717) is 18.1 Å². The Labute approximate surface area is 173 Å². The van der Waals surface area contributed by atoms with E-state index in [9.17, 15) is 9.18 Å². The highest BCUT2D eigenvalue weighted by atomic mass is 19.1. The van der Waals surface area contributed by atoms with Crippen LogP contribution in [-0.2, 0) is 13.2 Å². The molecule has 0 atom stereocenters. The fraction of sp³-hybridized carbons (Fsp3) is 0.217. The van der Waals surface area contributed by atoms with Crippen LogP contribution in [-0.4, -0.2) is 22.0 Å². The predicted molar refractivity (Wildman–Crippen MR) is 111 cm³/mol. The van der Waals surface area contributed by atoms with Crippen LogP contribution in [0.15, 0.2) is 65.1 Å². The molecule has 4 rings (SSSR count). The second-order valence-electron chi connectivity index (χ2n) is 6.92. The predicted octanol–water partition coefficient (Wildman–Crippen LogP) is 4.48. The van der Waals surface area contributed by atoms with Crippen molar-refractivity contribution in [3.63, 3.8) is 0 Å². The molecule has 7 heteroatoms. The van der Waals surface area contributed by atoms with Crippen LogP contribution in [0, 0.1) is 12.7 Å². The maximum absolute atomic E-state index is 12.9. The van der Waals surface area contributed by atoms with Gasteiger partial charge in [-0.2, -0.15) is 0 Å². The summed E-state index contributed by atoms with van der Waals surface area (Å²) in [5, 5.41) is 2.87. The Morgan fingerprint density at radius 2 is 1.93 bits per heavy atom. The van der Waals surface area contributed by atoms with E-state index in [1.807, 2.05) is 31.2 Å². The number of aryl methyl sites for hydroxylation is 2. The Bertz CT molecular complexity index is 1150. The topological polar surface area (TPSA) is 69.3 Å². The summed E-state index contributed by atoms with van der Waals surface area (Å²) in [4.78, 5) is 16.9. The molecule has 30 heavy (non-hydrogen) atoms. The molecule has 4 aromatic rings. The molecular weight excluding hydrogens is 385 g/mol. The van der Waals surface area contributed by atoms with E-state index in [-0.39, 0.29) is 24.1 Å². The van der Waals surface area contributed by atoms with Crippen LogP contribution in [0.4, 0.5) is 4.39 Å². The molecule has 154 valence electrons. The van der Waals surface area contributed by atoms with Crippen molar-refractivity contribution in [3.05, 3.63) is 83.8 Å². The molecule has 2 aromatic carbocycles. The maximum Gasteiger partial charge on any atom is 0.286 e. The number of carbonyl (C=O) groups excluding carboxylic acids is 1. The van der Waals surface area contributed by atoms with E-state index in [4.69, 9.17) is 9.15 Å². The molecule has 0 radical (unpaired) electrons. The fourth-order valence-electron chi connectivity index (χ4n) is 3.27. The molecule has 0 fully saturated rings. The number of amides is 1. The molecular formula is C23H22FN3O3. The number of hydrogen-bond acceptors (Lipinski definition) is 4. The van der Waals surface area contributed by atoms with Gasteiger partial charge in [0, 0.05) is 13.1 Å². The number of ether oxygens (including phenoxy) is 1. The lowest BCUT2D eigenvalue weighted by atomic mass is 10.3. The van der Waals surface area contributed by atoms with Crippen LogP contribution in [0.3, 0.4) is 0 Å². The number of nitrogens with one attached hydrogen (secondary N) is 1. The summed E-state index contributed by atoms with van der Waals surface area (Å²) in [6.45, 7) is 3.43. The minimum absolute atomic E-state index is 0.159. The Morgan fingerprint density at radius 1 is 1.13 bits per heavy atom. The van der Waals surface area contributed by atoms with Gasteiger partial charge >= 0.3 is 0 Å². The van der Waals surface area contributed by atoms with Crippen molar-refractivity contribution in [1.82, 2.24) is 14.9 Å². The third-order valence-corrected chi connectivity index (χ3v) is 4.77. The third kappa shape index (κ3) is 4.51. The molecule has 2 aromatic heterocycles. The smallest absolute Gasteiger partial charge is 0.286 e. The average Bonchev–Trinajstić information content (AvgIpc) is 3.35. The fourth-order valence-corrected chi connectivity index (χ4v) is 3.27. The van der Waals surface area contributed by atoms with Crippen molar-refractivity contribution >= 4 is 16.9 Å². The molecule has 0 saturated carbocycles. The van der Waals surface area contributed by atoms with Gasteiger partial charge in [0.15, 0.2) is 5.76 Å². The van der Waals surface area contributed by atoms with Crippen LogP contribution >= 0.6 is 0 Å². The summed E-state index contributed by atoms with van der Waals surface area (Å²) >= 11 is 0. The van der Waals surface area contributed by atoms with Crippen molar-refractivity contribution in [1.29, 1.82) is 0 Å². The van der Waals surface area contributed by atoms with Crippen LogP contribution in [0.5, 0.6) is 5.75 Å². The second kappa shape index (κ2) is 8.82. The van der Waals surface area contributed by atoms with E-state index in [1.165, 1.54) is 24.3 Å². The normalized spacial score (nSPS) is 11.0. The van der Waals surface area contributed by atoms with Gasteiger partial charge in [-0.1, -0.05) is 12.1 Å². The van der Waals surface area contributed by atoms with Gasteiger partial charge in [0.2, 0.25) is 0 Å². The molecule has 0 aliphatic rings. The Hall–Kier alpha value is -3.61. The molecule has 0 bridgehead atoms. The first-order chi connectivity index (χ1) is 14.6. The molecule has 0 unspecified atom stereocenters. The SMILES string of the molecule is Cc1nc2ccccc2n1CCCNC(=O)c1ccc(COc2ccc(F)cc2)o1. The molecule has 6 nitrogen and oxygen atoms in total. The van der Waals surface area contributed by atoms with Crippen molar-refractivity contribution in [2.75, 3.05) is 6.54 Å². The van der Waals surface area contributed by atoms with Gasteiger partial charge in [-0.05, 0) is 61.9 Å². The number of halogens is 1. The Morgan fingerprint density at radius 3 is 2.77 bits per heavy atom. The highest BCUT2D eigenvalue weighted by Crippen LogP contribution is 2.16. The van der Waals surface area contributed by atoms with Gasteiger partial charge in [0.05, 0.1) is 11.0 Å². The van der Waals surface area contributed by atoms with Gasteiger partial charge < -0.3 is 19.0 Å². The number of carbonyl (C=O) groups is 1. The summed E-state index contributed by atoms with van der Waals surface area (Å²) in [6, 6.07) is 17.0. The largest absolute Gasteiger partial charge is 0.486 e. The molecule has 0 aliphatic heterocycles. The van der Waals surface area contributed by atoms with Crippen molar-refractivity contribution in [3.8, 4) is 5.75 Å². The highest BCUT2D eigenvalue weighted by molar-refractivity contribution is 5.91. The number of nitrogens with zero attached hydrogens (tertiary/aromatic N) is 2. The molecule has 1 N–H and O–H groups in total. The number of aromatic nitrogens is 2. The Kier molecular flexibility index (Phi) is 5.79. The monoisotopic (exact) mass is 407 g/mol. The van der Waals surface area contributed by atoms with Crippen LogP contribution in [0.2, 0.25) is 0 Å². The van der Waals surface area contributed by atoms with Gasteiger partial charge in [-0.15, -0.1) is 0 Å². The van der Waals surface area contributed by atoms with Crippen molar-refractivity contribution in [2.45, 2.75) is 26.5 Å². The second-order valence-corrected chi connectivity index (χ2v) is 6.92. The van der Waals surface area contributed by atoms with E-state index >= 15 is 0 Å². The van der Waals surface area contributed by atoms with Gasteiger partial charge in [-0.3, -0.25) is 4.79 Å². The molecule has 2 heterocycles. The van der Waals surface area contributed by atoms with Gasteiger partial charge in [0.1, 0.15) is 29.8 Å². The van der Waals surface area contributed by atoms with Crippen LogP contribution < -0.4 is 10.1 Å². The van der Waals surface area contributed by atoms with Gasteiger partial charge in [-0.25, -0.2) is 9.37 Å². The van der Waals surface area contributed by atoms with Crippen molar-refractivity contribution < 1.29 is 18.3 Å². The van der Waals surface area contributed by atoms with E-state index in [2.05, 4.69) is 14.9 Å². The molecule has 0 saturated heterocycles. The first-order valence-corrected chi connectivity index (χ1v) is 9.77. The molecule has 0 aliphatic carbocycles. The lowest BCUT2D eigenvalue weighted by Gasteiger charge is -2.07. The number of imidazole rings is 1. The summed E-state index contributed by atoms with van der Waals surface area (Å²) in [7, 11) is 0. The van der Waals surface area contributed by atoms with Crippen LogP contribution in [0.25, 0.3) is 11.0 Å².